The van der Waals surface area contributed by atoms with Gasteiger partial charge in [0.15, 0.2) is 0 Å². The summed E-state index contributed by atoms with van der Waals surface area (Å²) in [5.41, 5.74) is 1.64. The molecule has 0 radical (unpaired) electrons. The van der Waals surface area contributed by atoms with Crippen molar-refractivity contribution in [3.05, 3.63) is 21.0 Å². The van der Waals surface area contributed by atoms with Crippen molar-refractivity contribution in [2.45, 2.75) is 45.4 Å². The van der Waals surface area contributed by atoms with E-state index >= 15 is 0 Å². The molecule has 0 aliphatic heterocycles. The van der Waals surface area contributed by atoms with Crippen molar-refractivity contribution in [2.24, 2.45) is 0 Å². The molecule has 1 heteroatoms. The van der Waals surface area contributed by atoms with Crippen LogP contribution in [0.5, 0.6) is 0 Å². The summed E-state index contributed by atoms with van der Waals surface area (Å²) in [6.45, 7) is 2.27. The average Bonchev–Trinajstić information content (AvgIpc) is 2.46. The molecule has 1 aliphatic carbocycles. The Kier molecular flexibility index (Phi) is 5.15. The van der Waals surface area contributed by atoms with Crippen molar-refractivity contribution < 1.29 is 24.7 Å². The molecule has 1 aliphatic rings. The summed E-state index contributed by atoms with van der Waals surface area (Å²) in [6.07, 6.45) is 12.8. The molecule has 0 nitrogen and oxygen atoms in total. The van der Waals surface area contributed by atoms with Gasteiger partial charge in [-0.3, -0.25) is 0 Å². The van der Waals surface area contributed by atoms with E-state index in [1.54, 1.807) is 33.6 Å². The second-order valence-corrected chi connectivity index (χ2v) is 4.90. The van der Waals surface area contributed by atoms with E-state index in [-0.39, 0.29) is 0 Å². The molecule has 0 spiro atoms. The van der Waals surface area contributed by atoms with Crippen LogP contribution in [0.4, 0.5) is 0 Å². The molecule has 0 aromatic carbocycles. The first kappa shape index (κ1) is 10.4. The molecule has 0 aromatic heterocycles. The van der Waals surface area contributed by atoms with Crippen molar-refractivity contribution in [3.63, 3.8) is 0 Å². The standard InChI is InChI=1S/C11H17.Zr/c1-2-3-4-5-8-11-9-6-7-10-11;/h6,9H,2-5,7-8H2,1H3;. The number of allylic oxidation sites excluding steroid dienone is 4. The molecule has 0 saturated heterocycles. The Morgan fingerprint density at radius 3 is 2.75 bits per heavy atom. The van der Waals surface area contributed by atoms with Crippen molar-refractivity contribution in [2.75, 3.05) is 0 Å². The second kappa shape index (κ2) is 5.92. The third-order valence-electron chi connectivity index (χ3n) is 2.33. The van der Waals surface area contributed by atoms with Crippen molar-refractivity contribution in [3.8, 4) is 0 Å². The van der Waals surface area contributed by atoms with Gasteiger partial charge in [0.1, 0.15) is 0 Å². The van der Waals surface area contributed by atoms with E-state index in [1.807, 2.05) is 0 Å². The van der Waals surface area contributed by atoms with Gasteiger partial charge in [0.2, 0.25) is 0 Å². The molecule has 12 heavy (non-hydrogen) atoms. The summed E-state index contributed by atoms with van der Waals surface area (Å²) in [4.78, 5) is 0. The van der Waals surface area contributed by atoms with Crippen LogP contribution in [-0.4, -0.2) is 0 Å². The molecule has 0 atom stereocenters. The summed E-state index contributed by atoms with van der Waals surface area (Å²) in [7, 11) is 0. The third-order valence-corrected chi connectivity index (χ3v) is 3.62. The summed E-state index contributed by atoms with van der Waals surface area (Å²) >= 11 is 1.62. The van der Waals surface area contributed by atoms with E-state index in [0.717, 1.165) is 0 Å². The van der Waals surface area contributed by atoms with Gasteiger partial charge >= 0.3 is 91.2 Å². The Morgan fingerprint density at radius 1 is 1.33 bits per heavy atom. The average molecular weight is 240 g/mol. The van der Waals surface area contributed by atoms with Gasteiger partial charge in [-0.05, 0) is 0 Å². The quantitative estimate of drug-likeness (QED) is 0.643. The van der Waals surface area contributed by atoms with Crippen LogP contribution in [0, 0.1) is 0 Å². The van der Waals surface area contributed by atoms with E-state index in [0.29, 0.717) is 0 Å². The van der Waals surface area contributed by atoms with Gasteiger partial charge in [-0.15, -0.1) is 0 Å². The van der Waals surface area contributed by atoms with Crippen LogP contribution >= 0.6 is 0 Å². The second-order valence-electron chi connectivity index (χ2n) is 3.42. The zero-order valence-electron chi connectivity index (χ0n) is 7.90. The van der Waals surface area contributed by atoms with E-state index in [4.69, 9.17) is 0 Å². The maximum atomic E-state index is 2.33. The van der Waals surface area contributed by atoms with Crippen molar-refractivity contribution in [1.82, 2.24) is 0 Å². The first-order valence-corrected chi connectivity index (χ1v) is 6.17. The van der Waals surface area contributed by atoms with Gasteiger partial charge in [-0.1, -0.05) is 0 Å². The molecule has 1 rings (SSSR count). The van der Waals surface area contributed by atoms with E-state index in [2.05, 4.69) is 19.1 Å². The first-order chi connectivity index (χ1) is 5.84. The summed E-state index contributed by atoms with van der Waals surface area (Å²) in [5, 5.41) is 0. The zero-order chi connectivity index (χ0) is 8.81. The van der Waals surface area contributed by atoms with Crippen LogP contribution < -0.4 is 0 Å². The number of unbranched alkanes of at least 4 members (excludes halogenated alkanes) is 3. The van der Waals surface area contributed by atoms with E-state index < -0.39 is 0 Å². The molecule has 0 aromatic rings. The Balaban J connectivity index is 2.14. The Morgan fingerprint density at radius 2 is 2.17 bits per heavy atom. The number of hydrogen-bond donors (Lipinski definition) is 0. The zero-order valence-corrected chi connectivity index (χ0v) is 10.4. The Labute approximate surface area is 91.0 Å². The summed E-state index contributed by atoms with van der Waals surface area (Å²) in [5.74, 6) is 0. The molecule has 0 heterocycles. The van der Waals surface area contributed by atoms with Gasteiger partial charge in [0.05, 0.1) is 0 Å². The third kappa shape index (κ3) is 3.39. The van der Waals surface area contributed by atoms with Crippen LogP contribution in [-0.2, 0) is 24.7 Å². The Bertz CT molecular complexity index is 189. The van der Waals surface area contributed by atoms with Crippen LogP contribution in [0.1, 0.15) is 45.4 Å². The van der Waals surface area contributed by atoms with Crippen LogP contribution in [0.15, 0.2) is 21.0 Å². The normalized spacial score (nSPS) is 16.0. The molecule has 0 amide bonds. The van der Waals surface area contributed by atoms with Crippen molar-refractivity contribution in [1.29, 1.82) is 0 Å². The number of rotatable bonds is 5. The van der Waals surface area contributed by atoms with Crippen LogP contribution in [0.3, 0.4) is 0 Å². The van der Waals surface area contributed by atoms with Crippen LogP contribution in [0.2, 0.25) is 0 Å². The summed E-state index contributed by atoms with van der Waals surface area (Å²) in [6, 6.07) is 0. The topological polar surface area (TPSA) is 0 Å². The van der Waals surface area contributed by atoms with Crippen molar-refractivity contribution >= 4 is 0 Å². The molecule has 0 saturated carbocycles. The molecule has 0 N–H and O–H groups in total. The molecular weight excluding hydrogens is 223 g/mol. The minimum atomic E-state index is 1.24. The summed E-state index contributed by atoms with van der Waals surface area (Å²) < 4.78 is 1.68. The van der Waals surface area contributed by atoms with Gasteiger partial charge in [0.25, 0.3) is 0 Å². The van der Waals surface area contributed by atoms with E-state index in [9.17, 15) is 0 Å². The Hall–Kier alpha value is 0.363. The molecule has 65 valence electrons. The molecular formula is C11H17Zr. The SMILES string of the molecule is CCCCCCC1=[C]([Zr])CC=C1. The molecule has 0 fully saturated rings. The fourth-order valence-electron chi connectivity index (χ4n) is 1.53. The fraction of sp³-hybridized carbons (Fsp3) is 0.636. The predicted molar refractivity (Wildman–Crippen MR) is 49.5 cm³/mol. The maximum absolute atomic E-state index is 2.33. The molecule has 0 bridgehead atoms. The minimum absolute atomic E-state index is 1.24. The number of hydrogen-bond acceptors (Lipinski definition) is 0. The van der Waals surface area contributed by atoms with Gasteiger partial charge in [-0.2, -0.15) is 0 Å². The van der Waals surface area contributed by atoms with E-state index in [1.165, 1.54) is 38.5 Å². The van der Waals surface area contributed by atoms with Gasteiger partial charge in [0, 0.05) is 0 Å². The monoisotopic (exact) mass is 239 g/mol. The first-order valence-electron chi connectivity index (χ1n) is 4.94. The predicted octanol–water partition coefficient (Wildman–Crippen LogP) is 3.72. The van der Waals surface area contributed by atoms with Crippen LogP contribution in [0.25, 0.3) is 0 Å². The van der Waals surface area contributed by atoms with Gasteiger partial charge in [-0.25, -0.2) is 0 Å². The fourth-order valence-corrected chi connectivity index (χ4v) is 2.33. The van der Waals surface area contributed by atoms with Gasteiger partial charge < -0.3 is 0 Å². The molecule has 0 unspecified atom stereocenters.